The van der Waals surface area contributed by atoms with Gasteiger partial charge in [-0.05, 0) is 24.3 Å². The Hall–Kier alpha value is -2.11. The molecule has 0 saturated carbocycles. The minimum absolute atomic E-state index is 0.208. The topological polar surface area (TPSA) is 9.23 Å². The highest BCUT2D eigenvalue weighted by Crippen LogP contribution is 2.39. The number of rotatable bonds is 3. The van der Waals surface area contributed by atoms with Crippen LogP contribution in [0.4, 0.5) is 22.0 Å². The predicted molar refractivity (Wildman–Crippen MR) is 67.4 cm³/mol. The first kappa shape index (κ1) is 15.3. The molecule has 0 atom stereocenters. The Morgan fingerprint density at radius 1 is 0.762 bits per heavy atom. The van der Waals surface area contributed by atoms with Crippen molar-refractivity contribution < 1.29 is 26.7 Å². The molecule has 0 bridgehead atoms. The second-order valence-corrected chi connectivity index (χ2v) is 4.38. The maximum Gasteiger partial charge on any atom is 0.416 e. The van der Waals surface area contributed by atoms with Crippen LogP contribution in [0, 0.1) is 0 Å². The molecule has 0 radical (unpaired) electrons. The summed E-state index contributed by atoms with van der Waals surface area (Å²) in [5.41, 5.74) is -2.26. The first-order chi connectivity index (χ1) is 9.75. The van der Waals surface area contributed by atoms with Crippen molar-refractivity contribution in [1.82, 2.24) is 0 Å². The summed E-state index contributed by atoms with van der Waals surface area (Å²) in [6.45, 7) is 0. The summed E-state index contributed by atoms with van der Waals surface area (Å²) in [6.07, 6.45) is -4.67. The van der Waals surface area contributed by atoms with Crippen molar-refractivity contribution >= 4 is 0 Å². The Labute approximate surface area is 118 Å². The van der Waals surface area contributed by atoms with Gasteiger partial charge in [-0.1, -0.05) is 24.3 Å². The van der Waals surface area contributed by atoms with E-state index >= 15 is 0 Å². The van der Waals surface area contributed by atoms with Crippen molar-refractivity contribution in [2.75, 3.05) is 7.11 Å². The Bertz CT molecular complexity index is 634. The summed E-state index contributed by atoms with van der Waals surface area (Å²) in [7, 11) is 1.32. The maximum absolute atomic E-state index is 14.3. The lowest BCUT2D eigenvalue weighted by Crippen LogP contribution is -2.17. The van der Waals surface area contributed by atoms with Crippen LogP contribution in [-0.4, -0.2) is 7.11 Å². The van der Waals surface area contributed by atoms with E-state index in [9.17, 15) is 22.0 Å². The number of alkyl halides is 5. The van der Waals surface area contributed by atoms with Gasteiger partial charge < -0.3 is 4.74 Å². The van der Waals surface area contributed by atoms with Crippen LogP contribution in [0.3, 0.4) is 0 Å². The molecule has 2 aromatic carbocycles. The fourth-order valence-corrected chi connectivity index (χ4v) is 1.88. The molecule has 6 heteroatoms. The SMILES string of the molecule is COc1cccc(C(F)(F)c2cccc(C(F)(F)F)c2)c1. The summed E-state index contributed by atoms with van der Waals surface area (Å²) >= 11 is 0. The van der Waals surface area contributed by atoms with E-state index in [2.05, 4.69) is 0 Å². The minimum Gasteiger partial charge on any atom is -0.497 e. The van der Waals surface area contributed by atoms with Gasteiger partial charge in [0.05, 0.1) is 12.7 Å². The van der Waals surface area contributed by atoms with Gasteiger partial charge in [-0.25, -0.2) is 0 Å². The van der Waals surface area contributed by atoms with Crippen molar-refractivity contribution in [2.45, 2.75) is 12.1 Å². The molecule has 0 fully saturated rings. The van der Waals surface area contributed by atoms with E-state index in [1.807, 2.05) is 0 Å². The van der Waals surface area contributed by atoms with E-state index in [1.54, 1.807) is 0 Å². The third-order valence-corrected chi connectivity index (χ3v) is 2.98. The van der Waals surface area contributed by atoms with Gasteiger partial charge in [-0.2, -0.15) is 22.0 Å². The fourth-order valence-electron chi connectivity index (χ4n) is 1.88. The monoisotopic (exact) mass is 302 g/mol. The van der Waals surface area contributed by atoms with Crippen molar-refractivity contribution in [3.63, 3.8) is 0 Å². The van der Waals surface area contributed by atoms with Gasteiger partial charge in [0, 0.05) is 11.1 Å². The highest BCUT2D eigenvalue weighted by molar-refractivity contribution is 5.39. The lowest BCUT2D eigenvalue weighted by Gasteiger charge is -2.19. The minimum atomic E-state index is -4.67. The molecule has 0 aliphatic heterocycles. The standard InChI is InChI=1S/C15H11F5O/c1-21-13-7-3-5-11(9-13)14(16,17)10-4-2-6-12(8-10)15(18,19)20/h2-9H,1H3. The van der Waals surface area contributed by atoms with Gasteiger partial charge in [0.15, 0.2) is 0 Å². The molecule has 0 saturated heterocycles. The zero-order valence-electron chi connectivity index (χ0n) is 10.9. The molecule has 0 aliphatic rings. The second-order valence-electron chi connectivity index (χ2n) is 4.38. The molecular formula is C15H11F5O. The molecule has 0 N–H and O–H groups in total. The number of benzene rings is 2. The Balaban J connectivity index is 2.48. The summed E-state index contributed by atoms with van der Waals surface area (Å²) in [5, 5.41) is 0. The lowest BCUT2D eigenvalue weighted by atomic mass is 9.98. The van der Waals surface area contributed by atoms with Crippen molar-refractivity contribution in [3.05, 3.63) is 65.2 Å². The van der Waals surface area contributed by atoms with Gasteiger partial charge in [0.1, 0.15) is 5.75 Å². The predicted octanol–water partition coefficient (Wildman–Crippen LogP) is 4.85. The highest BCUT2D eigenvalue weighted by Gasteiger charge is 2.37. The molecule has 0 unspecified atom stereocenters. The number of hydrogen-bond donors (Lipinski definition) is 0. The third kappa shape index (κ3) is 3.15. The molecule has 2 aromatic rings. The van der Waals surface area contributed by atoms with Crippen molar-refractivity contribution in [1.29, 1.82) is 0 Å². The zero-order valence-corrected chi connectivity index (χ0v) is 10.9. The second kappa shape index (κ2) is 5.35. The molecule has 2 rings (SSSR count). The normalized spacial score (nSPS) is 12.3. The van der Waals surface area contributed by atoms with Crippen LogP contribution < -0.4 is 4.74 Å². The molecule has 0 aromatic heterocycles. The van der Waals surface area contributed by atoms with Crippen molar-refractivity contribution in [2.24, 2.45) is 0 Å². The van der Waals surface area contributed by atoms with E-state index in [-0.39, 0.29) is 5.75 Å². The molecule has 0 spiro atoms. The molecule has 0 heterocycles. The first-order valence-corrected chi connectivity index (χ1v) is 5.95. The van der Waals surface area contributed by atoms with Crippen LogP contribution >= 0.6 is 0 Å². The Kier molecular flexibility index (Phi) is 3.89. The van der Waals surface area contributed by atoms with Gasteiger partial charge in [0.2, 0.25) is 0 Å². The molecule has 112 valence electrons. The first-order valence-electron chi connectivity index (χ1n) is 5.95. The average molecular weight is 302 g/mol. The zero-order chi connectivity index (χ0) is 15.7. The van der Waals surface area contributed by atoms with E-state index in [1.165, 1.54) is 19.2 Å². The van der Waals surface area contributed by atoms with Gasteiger partial charge >= 0.3 is 6.18 Å². The van der Waals surface area contributed by atoms with E-state index in [0.29, 0.717) is 6.07 Å². The van der Waals surface area contributed by atoms with Gasteiger partial charge in [-0.3, -0.25) is 0 Å². The van der Waals surface area contributed by atoms with Crippen LogP contribution in [0.25, 0.3) is 0 Å². The summed E-state index contributed by atoms with van der Waals surface area (Å²) in [4.78, 5) is 0. The van der Waals surface area contributed by atoms with Crippen LogP contribution in [0.2, 0.25) is 0 Å². The van der Waals surface area contributed by atoms with Gasteiger partial charge in [0.25, 0.3) is 5.92 Å². The molecule has 0 amide bonds. The Morgan fingerprint density at radius 2 is 1.29 bits per heavy atom. The quantitative estimate of drug-likeness (QED) is 0.736. The van der Waals surface area contributed by atoms with E-state index in [4.69, 9.17) is 4.74 Å². The van der Waals surface area contributed by atoms with Gasteiger partial charge in [-0.15, -0.1) is 0 Å². The van der Waals surface area contributed by atoms with Crippen molar-refractivity contribution in [3.8, 4) is 5.75 Å². The Morgan fingerprint density at radius 3 is 1.86 bits per heavy atom. The van der Waals surface area contributed by atoms with Crippen LogP contribution in [0.15, 0.2) is 48.5 Å². The summed E-state index contributed by atoms with van der Waals surface area (Å²) in [5.74, 6) is -3.34. The highest BCUT2D eigenvalue weighted by atomic mass is 19.4. The average Bonchev–Trinajstić information content (AvgIpc) is 2.46. The van der Waals surface area contributed by atoms with E-state index in [0.717, 1.165) is 30.3 Å². The molecule has 1 nitrogen and oxygen atoms in total. The number of hydrogen-bond acceptors (Lipinski definition) is 1. The van der Waals surface area contributed by atoms with Crippen LogP contribution in [0.5, 0.6) is 5.75 Å². The maximum atomic E-state index is 14.3. The van der Waals surface area contributed by atoms with Crippen LogP contribution in [0.1, 0.15) is 16.7 Å². The number of methoxy groups -OCH3 is 1. The third-order valence-electron chi connectivity index (χ3n) is 2.98. The number of halogens is 5. The smallest absolute Gasteiger partial charge is 0.416 e. The summed E-state index contributed by atoms with van der Waals surface area (Å²) in [6, 6.07) is 8.22. The lowest BCUT2D eigenvalue weighted by molar-refractivity contribution is -0.137. The molecular weight excluding hydrogens is 291 g/mol. The largest absolute Gasteiger partial charge is 0.497 e. The van der Waals surface area contributed by atoms with E-state index < -0.39 is 28.8 Å². The fraction of sp³-hybridized carbons (Fsp3) is 0.200. The number of ether oxygens (including phenoxy) is 1. The van der Waals surface area contributed by atoms with Crippen LogP contribution in [-0.2, 0) is 12.1 Å². The molecule has 21 heavy (non-hydrogen) atoms. The molecule has 0 aliphatic carbocycles. The summed E-state index contributed by atoms with van der Waals surface area (Å²) < 4.78 is 71.4.